The summed E-state index contributed by atoms with van der Waals surface area (Å²) in [6, 6.07) is 0.695. The number of hydrogen-bond acceptors (Lipinski definition) is 4. The van der Waals surface area contributed by atoms with E-state index in [1.54, 1.807) is 14.2 Å². The first-order chi connectivity index (χ1) is 7.88. The van der Waals surface area contributed by atoms with Gasteiger partial charge in [0.15, 0.2) is 0 Å². The minimum absolute atomic E-state index is 0.695. The molecular formula is C12H26N2O2. The summed E-state index contributed by atoms with van der Waals surface area (Å²) in [5.41, 5.74) is 0. The molecule has 96 valence electrons. The molecule has 0 amide bonds. The first kappa shape index (κ1) is 13.9. The van der Waals surface area contributed by atoms with Crippen molar-refractivity contribution < 1.29 is 9.47 Å². The molecule has 1 rings (SSSR count). The number of nitrogens with zero attached hydrogens (tertiary/aromatic N) is 1. The van der Waals surface area contributed by atoms with E-state index < -0.39 is 0 Å². The van der Waals surface area contributed by atoms with Gasteiger partial charge in [-0.15, -0.1) is 0 Å². The lowest BCUT2D eigenvalue weighted by Gasteiger charge is -2.30. The third-order valence-electron chi connectivity index (χ3n) is 3.23. The molecule has 4 nitrogen and oxygen atoms in total. The van der Waals surface area contributed by atoms with E-state index in [1.807, 2.05) is 0 Å². The maximum Gasteiger partial charge on any atom is 0.0589 e. The summed E-state index contributed by atoms with van der Waals surface area (Å²) in [7, 11) is 3.53. The molecule has 1 heterocycles. The van der Waals surface area contributed by atoms with Crippen molar-refractivity contribution in [2.75, 3.05) is 53.6 Å². The Hall–Kier alpha value is -0.160. The van der Waals surface area contributed by atoms with Gasteiger partial charge >= 0.3 is 0 Å². The van der Waals surface area contributed by atoms with Gasteiger partial charge in [-0.25, -0.2) is 0 Å². The average Bonchev–Trinajstić information content (AvgIpc) is 2.58. The predicted octanol–water partition coefficient (Wildman–Crippen LogP) is 0.723. The number of hydrogen-bond donors (Lipinski definition) is 1. The van der Waals surface area contributed by atoms with E-state index in [2.05, 4.69) is 10.2 Å². The van der Waals surface area contributed by atoms with Gasteiger partial charge in [0.1, 0.15) is 0 Å². The van der Waals surface area contributed by atoms with Crippen LogP contribution in [0.25, 0.3) is 0 Å². The van der Waals surface area contributed by atoms with Gasteiger partial charge in [-0.1, -0.05) is 0 Å². The molecule has 1 fully saturated rings. The van der Waals surface area contributed by atoms with Crippen LogP contribution in [0.5, 0.6) is 0 Å². The molecule has 1 N–H and O–H groups in total. The molecule has 0 aliphatic carbocycles. The molecule has 1 aliphatic rings. The predicted molar refractivity (Wildman–Crippen MR) is 65.8 cm³/mol. The Morgan fingerprint density at radius 1 is 1.06 bits per heavy atom. The molecule has 0 aromatic rings. The third kappa shape index (κ3) is 5.25. The molecule has 1 saturated heterocycles. The molecule has 1 atom stereocenters. The molecule has 0 radical (unpaired) electrons. The maximum atomic E-state index is 5.18. The van der Waals surface area contributed by atoms with Crippen molar-refractivity contribution >= 4 is 0 Å². The molecule has 0 aromatic heterocycles. The first-order valence-electron chi connectivity index (χ1n) is 6.31. The van der Waals surface area contributed by atoms with Crippen LogP contribution in [0.3, 0.4) is 0 Å². The largest absolute Gasteiger partial charge is 0.383 e. The van der Waals surface area contributed by atoms with Gasteiger partial charge < -0.3 is 14.8 Å². The number of nitrogens with one attached hydrogen (secondary N) is 1. The Balaban J connectivity index is 2.37. The highest BCUT2D eigenvalue weighted by Crippen LogP contribution is 2.13. The first-order valence-corrected chi connectivity index (χ1v) is 6.31. The standard InChI is InChI=1S/C12H26N2O2/c1-15-10-8-14(9-11-16-2)12-4-3-6-13-7-5-12/h12-13H,3-11H2,1-2H3/t12-/m0/s1. The van der Waals surface area contributed by atoms with Crippen molar-refractivity contribution in [2.24, 2.45) is 0 Å². The minimum Gasteiger partial charge on any atom is -0.383 e. The molecule has 16 heavy (non-hydrogen) atoms. The second kappa shape index (κ2) is 8.93. The number of methoxy groups -OCH3 is 2. The smallest absolute Gasteiger partial charge is 0.0589 e. The topological polar surface area (TPSA) is 33.7 Å². The molecule has 1 aliphatic heterocycles. The Bertz CT molecular complexity index is 151. The molecule has 0 aromatic carbocycles. The molecule has 0 unspecified atom stereocenters. The number of rotatable bonds is 7. The van der Waals surface area contributed by atoms with Crippen molar-refractivity contribution in [1.29, 1.82) is 0 Å². The average molecular weight is 230 g/mol. The van der Waals surface area contributed by atoms with Crippen LogP contribution < -0.4 is 5.32 Å². The Morgan fingerprint density at radius 2 is 1.75 bits per heavy atom. The van der Waals surface area contributed by atoms with E-state index in [1.165, 1.54) is 25.8 Å². The van der Waals surface area contributed by atoms with Gasteiger partial charge in [-0.2, -0.15) is 0 Å². The third-order valence-corrected chi connectivity index (χ3v) is 3.23. The van der Waals surface area contributed by atoms with Crippen LogP contribution in [0.2, 0.25) is 0 Å². The van der Waals surface area contributed by atoms with Gasteiger partial charge in [-0.3, -0.25) is 4.90 Å². The highest BCUT2D eigenvalue weighted by molar-refractivity contribution is 4.76. The lowest BCUT2D eigenvalue weighted by Crippen LogP contribution is -2.40. The maximum absolute atomic E-state index is 5.18. The van der Waals surface area contributed by atoms with Crippen molar-refractivity contribution in [1.82, 2.24) is 10.2 Å². The summed E-state index contributed by atoms with van der Waals surface area (Å²) in [6.45, 7) is 5.97. The molecular weight excluding hydrogens is 204 g/mol. The zero-order valence-corrected chi connectivity index (χ0v) is 10.7. The van der Waals surface area contributed by atoms with Crippen LogP contribution in [-0.4, -0.2) is 64.6 Å². The van der Waals surface area contributed by atoms with Gasteiger partial charge in [0.25, 0.3) is 0 Å². The van der Waals surface area contributed by atoms with Crippen molar-refractivity contribution in [3.63, 3.8) is 0 Å². The van der Waals surface area contributed by atoms with E-state index in [-0.39, 0.29) is 0 Å². The zero-order valence-electron chi connectivity index (χ0n) is 10.7. The van der Waals surface area contributed by atoms with E-state index >= 15 is 0 Å². The van der Waals surface area contributed by atoms with Gasteiger partial charge in [0.05, 0.1) is 13.2 Å². The van der Waals surface area contributed by atoms with Crippen LogP contribution in [0.4, 0.5) is 0 Å². The van der Waals surface area contributed by atoms with Crippen LogP contribution in [0.1, 0.15) is 19.3 Å². The molecule has 4 heteroatoms. The van der Waals surface area contributed by atoms with Gasteiger partial charge in [0.2, 0.25) is 0 Å². The monoisotopic (exact) mass is 230 g/mol. The fourth-order valence-electron chi connectivity index (χ4n) is 2.26. The van der Waals surface area contributed by atoms with E-state index in [0.717, 1.165) is 32.8 Å². The zero-order chi connectivity index (χ0) is 11.6. The lowest BCUT2D eigenvalue weighted by atomic mass is 10.1. The van der Waals surface area contributed by atoms with E-state index in [9.17, 15) is 0 Å². The Labute approximate surface area is 99.3 Å². The SMILES string of the molecule is COCCN(CCOC)[C@H]1CCCNCC1. The quantitative estimate of drug-likeness (QED) is 0.699. The van der Waals surface area contributed by atoms with E-state index in [0.29, 0.717) is 6.04 Å². The molecule has 0 saturated carbocycles. The van der Waals surface area contributed by atoms with Crippen molar-refractivity contribution in [2.45, 2.75) is 25.3 Å². The van der Waals surface area contributed by atoms with Gasteiger partial charge in [-0.05, 0) is 32.4 Å². The van der Waals surface area contributed by atoms with Crippen molar-refractivity contribution in [3.8, 4) is 0 Å². The summed E-state index contributed by atoms with van der Waals surface area (Å²) < 4.78 is 10.4. The highest BCUT2D eigenvalue weighted by Gasteiger charge is 2.19. The summed E-state index contributed by atoms with van der Waals surface area (Å²) in [6.07, 6.45) is 3.81. The van der Waals surface area contributed by atoms with Crippen LogP contribution in [-0.2, 0) is 9.47 Å². The summed E-state index contributed by atoms with van der Waals surface area (Å²) in [4.78, 5) is 2.51. The van der Waals surface area contributed by atoms with Crippen LogP contribution >= 0.6 is 0 Å². The second-order valence-corrected chi connectivity index (χ2v) is 4.36. The minimum atomic E-state index is 0.695. The summed E-state index contributed by atoms with van der Waals surface area (Å²) in [5.74, 6) is 0. The fraction of sp³-hybridized carbons (Fsp3) is 1.00. The van der Waals surface area contributed by atoms with Crippen molar-refractivity contribution in [3.05, 3.63) is 0 Å². The lowest BCUT2D eigenvalue weighted by molar-refractivity contribution is 0.0829. The number of ether oxygens (including phenoxy) is 2. The molecule has 0 spiro atoms. The van der Waals surface area contributed by atoms with E-state index in [4.69, 9.17) is 9.47 Å². The summed E-state index contributed by atoms with van der Waals surface area (Å²) in [5, 5.41) is 3.46. The van der Waals surface area contributed by atoms with Crippen LogP contribution in [0.15, 0.2) is 0 Å². The fourth-order valence-corrected chi connectivity index (χ4v) is 2.26. The second-order valence-electron chi connectivity index (χ2n) is 4.36. The van der Waals surface area contributed by atoms with Crippen LogP contribution in [0, 0.1) is 0 Å². The normalized spacial score (nSPS) is 22.3. The molecule has 0 bridgehead atoms. The Kier molecular flexibility index (Phi) is 7.76. The highest BCUT2D eigenvalue weighted by atomic mass is 16.5. The van der Waals surface area contributed by atoms with Gasteiger partial charge in [0, 0.05) is 33.4 Å². The summed E-state index contributed by atoms with van der Waals surface area (Å²) >= 11 is 0. The Morgan fingerprint density at radius 3 is 2.38 bits per heavy atom.